The van der Waals surface area contributed by atoms with E-state index in [4.69, 9.17) is 5.73 Å². The molecule has 3 aromatic carbocycles. The topological polar surface area (TPSA) is 196 Å². The van der Waals surface area contributed by atoms with Gasteiger partial charge < -0.3 is 37.0 Å². The van der Waals surface area contributed by atoms with Crippen molar-refractivity contribution in [2.24, 2.45) is 5.41 Å². The molecule has 1 saturated heterocycles. The molecule has 0 spiro atoms. The van der Waals surface area contributed by atoms with Crippen LogP contribution in [-0.4, -0.2) is 69.3 Å². The maximum absolute atomic E-state index is 14.0. The number of aryl methyl sites for hydroxylation is 1. The molecule has 63 heavy (non-hydrogen) atoms. The molecule has 0 saturated carbocycles. The van der Waals surface area contributed by atoms with Crippen molar-refractivity contribution in [2.75, 3.05) is 22.9 Å². The average Bonchev–Trinajstić information content (AvgIpc) is 3.87. The van der Waals surface area contributed by atoms with Crippen LogP contribution in [-0.2, 0) is 25.7 Å². The molecule has 7 N–H and O–H groups in total. The number of β-amino-alcohol motifs (C(OH)–C–C–N with tert-alkyl or cyclic N) is 1. The molecule has 0 aliphatic carbocycles. The molecule has 14 heteroatoms. The Labute approximate surface area is 376 Å². The predicted molar refractivity (Wildman–Crippen MR) is 251 cm³/mol. The summed E-state index contributed by atoms with van der Waals surface area (Å²) in [6, 6.07) is 20.1. The number of thiazole rings is 1. The fraction of sp³-hybridized carbons (Fsp3) is 0.469. The number of hydrogen-bond donors (Lipinski definition) is 6. The van der Waals surface area contributed by atoms with E-state index < -0.39 is 23.6 Å². The van der Waals surface area contributed by atoms with Gasteiger partial charge in [0.1, 0.15) is 12.1 Å². The molecule has 5 amide bonds. The number of nitrogens with zero attached hydrogens (tertiary/aromatic N) is 2. The number of carbonyl (C=O) groups is 5. The Morgan fingerprint density at radius 3 is 2.00 bits per heavy atom. The summed E-state index contributed by atoms with van der Waals surface area (Å²) >= 11 is 1.58. The van der Waals surface area contributed by atoms with E-state index >= 15 is 0 Å². The normalized spacial score (nSPS) is 15.4. The van der Waals surface area contributed by atoms with Crippen molar-refractivity contribution in [1.29, 1.82) is 0 Å². The van der Waals surface area contributed by atoms with Gasteiger partial charge in [-0.3, -0.25) is 24.0 Å². The highest BCUT2D eigenvalue weighted by molar-refractivity contribution is 7.13. The molecule has 2 heterocycles. The summed E-state index contributed by atoms with van der Waals surface area (Å²) in [6.45, 7) is 7.97. The molecular weight excluding hydrogens is 815 g/mol. The molecule has 338 valence electrons. The number of aromatic nitrogens is 1. The summed E-state index contributed by atoms with van der Waals surface area (Å²) in [5, 5.41) is 22.2. The molecule has 3 atom stereocenters. The Morgan fingerprint density at radius 2 is 1.41 bits per heavy atom. The number of anilines is 3. The summed E-state index contributed by atoms with van der Waals surface area (Å²) < 4.78 is 0. The van der Waals surface area contributed by atoms with Gasteiger partial charge in [-0.1, -0.05) is 109 Å². The third-order valence-electron chi connectivity index (χ3n) is 11.4. The van der Waals surface area contributed by atoms with Gasteiger partial charge in [0, 0.05) is 43.6 Å². The number of aliphatic hydroxyl groups excluding tert-OH is 1. The minimum Gasteiger partial charge on any atom is -0.397 e. The van der Waals surface area contributed by atoms with E-state index in [1.54, 1.807) is 59.9 Å². The first-order valence-corrected chi connectivity index (χ1v) is 23.2. The van der Waals surface area contributed by atoms with Gasteiger partial charge in [0.25, 0.3) is 5.91 Å². The largest absolute Gasteiger partial charge is 0.397 e. The molecule has 13 nitrogen and oxygen atoms in total. The Hall–Kier alpha value is -5.60. The van der Waals surface area contributed by atoms with Crippen LogP contribution in [0.2, 0.25) is 0 Å². The lowest BCUT2D eigenvalue weighted by molar-refractivity contribution is -0.144. The zero-order valence-corrected chi connectivity index (χ0v) is 38.0. The Kier molecular flexibility index (Phi) is 18.2. The summed E-state index contributed by atoms with van der Waals surface area (Å²) in [4.78, 5) is 72.3. The molecule has 1 aromatic heterocycles. The van der Waals surface area contributed by atoms with Gasteiger partial charge in [0.15, 0.2) is 0 Å². The van der Waals surface area contributed by atoms with Crippen molar-refractivity contribution < 1.29 is 29.1 Å². The predicted octanol–water partition coefficient (Wildman–Crippen LogP) is 8.38. The summed E-state index contributed by atoms with van der Waals surface area (Å²) in [5.41, 5.74) is 12.2. The molecule has 1 fully saturated rings. The third-order valence-corrected chi connectivity index (χ3v) is 12.4. The van der Waals surface area contributed by atoms with Crippen LogP contribution in [0.25, 0.3) is 10.4 Å². The molecule has 1 aliphatic heterocycles. The summed E-state index contributed by atoms with van der Waals surface area (Å²) in [7, 11) is 0. The van der Waals surface area contributed by atoms with Crippen LogP contribution in [0.5, 0.6) is 0 Å². The number of para-hydroxylation sites is 2. The number of unbranched alkanes of at least 4 members (excludes halogenated alkanes) is 9. The van der Waals surface area contributed by atoms with Crippen molar-refractivity contribution >= 4 is 57.9 Å². The van der Waals surface area contributed by atoms with E-state index in [2.05, 4.69) is 26.3 Å². The molecular formula is C49H65N7O6S. The first kappa shape index (κ1) is 48.4. The van der Waals surface area contributed by atoms with Crippen LogP contribution in [0, 0.1) is 12.3 Å². The van der Waals surface area contributed by atoms with Crippen molar-refractivity contribution in [1.82, 2.24) is 20.5 Å². The fourth-order valence-electron chi connectivity index (χ4n) is 7.73. The van der Waals surface area contributed by atoms with Crippen LogP contribution in [0.15, 0.2) is 78.3 Å². The fourth-order valence-corrected chi connectivity index (χ4v) is 8.54. The average molecular weight is 880 g/mol. The van der Waals surface area contributed by atoms with E-state index in [-0.39, 0.29) is 49.0 Å². The number of nitrogens with one attached hydrogen (secondary N) is 4. The van der Waals surface area contributed by atoms with Crippen LogP contribution < -0.4 is 27.0 Å². The lowest BCUT2D eigenvalue weighted by Crippen LogP contribution is -2.57. The van der Waals surface area contributed by atoms with Crippen LogP contribution in [0.4, 0.5) is 17.1 Å². The van der Waals surface area contributed by atoms with Crippen LogP contribution in [0.1, 0.15) is 126 Å². The van der Waals surface area contributed by atoms with Gasteiger partial charge in [0.2, 0.25) is 23.6 Å². The highest BCUT2D eigenvalue weighted by atomic mass is 32.1. The summed E-state index contributed by atoms with van der Waals surface area (Å²) in [5.74, 6) is -1.20. The van der Waals surface area contributed by atoms with Crippen LogP contribution in [0.3, 0.4) is 0 Å². The van der Waals surface area contributed by atoms with Gasteiger partial charge >= 0.3 is 0 Å². The number of rotatable bonds is 22. The maximum atomic E-state index is 14.0. The Morgan fingerprint density at radius 1 is 0.810 bits per heavy atom. The van der Waals surface area contributed by atoms with Gasteiger partial charge in [-0.15, -0.1) is 11.3 Å². The van der Waals surface area contributed by atoms with Crippen molar-refractivity contribution in [3.05, 3.63) is 95.1 Å². The van der Waals surface area contributed by atoms with E-state index in [0.717, 1.165) is 85.9 Å². The monoisotopic (exact) mass is 879 g/mol. The SMILES string of the molecule is Cc1ncsc1-c1ccc(CNC(=O)[C@@H]2C[C@@H](O)CN2C(=O)[C@@H](NC(=O)CCCCCCCCCCCCC(=O)Nc2ccc(C(=O)Nc3ccccc3N)cc2)C(C)(C)C)cc1. The number of nitrogens with two attached hydrogens (primary N) is 1. The van der Waals surface area contributed by atoms with E-state index in [1.165, 1.54) is 4.90 Å². The molecule has 0 unspecified atom stereocenters. The lowest BCUT2D eigenvalue weighted by Gasteiger charge is -2.35. The number of nitrogen functional groups attached to an aromatic ring is 1. The molecule has 0 bridgehead atoms. The zero-order valence-electron chi connectivity index (χ0n) is 37.2. The molecule has 4 aromatic rings. The maximum Gasteiger partial charge on any atom is 0.255 e. The van der Waals surface area contributed by atoms with E-state index in [1.807, 2.05) is 57.5 Å². The summed E-state index contributed by atoms with van der Waals surface area (Å²) in [6.07, 6.45) is 10.1. The second-order valence-corrected chi connectivity index (χ2v) is 18.5. The van der Waals surface area contributed by atoms with Crippen LogP contribution >= 0.6 is 11.3 Å². The van der Waals surface area contributed by atoms with Gasteiger partial charge in [-0.05, 0) is 72.7 Å². The second kappa shape index (κ2) is 23.7. The minimum atomic E-state index is -0.844. The number of aliphatic hydroxyl groups is 1. The number of likely N-dealkylation sites (tertiary alicyclic amines) is 1. The first-order chi connectivity index (χ1) is 30.2. The smallest absolute Gasteiger partial charge is 0.255 e. The van der Waals surface area contributed by atoms with Gasteiger partial charge in [-0.2, -0.15) is 0 Å². The highest BCUT2D eigenvalue weighted by Crippen LogP contribution is 2.29. The number of carbonyl (C=O) groups excluding carboxylic acids is 5. The quantitative estimate of drug-likeness (QED) is 0.0335. The van der Waals surface area contributed by atoms with E-state index in [0.29, 0.717) is 35.5 Å². The van der Waals surface area contributed by atoms with E-state index in [9.17, 15) is 29.1 Å². The number of benzene rings is 3. The Bertz CT molecular complexity index is 2130. The minimum absolute atomic E-state index is 0.0347. The van der Waals surface area contributed by atoms with Crippen molar-refractivity contribution in [3.63, 3.8) is 0 Å². The van der Waals surface area contributed by atoms with Gasteiger partial charge in [-0.25, -0.2) is 4.98 Å². The molecule has 5 rings (SSSR count). The standard InChI is InChI=1S/C49H65N7O6S/c1-33-44(63-32-52-33)35-23-21-34(22-24-35)30-51-47(61)41-29-38(57)31-56(41)48(62)45(49(2,3)4)55-43(59)20-14-12-10-8-6-5-7-9-11-13-19-42(58)53-37-27-25-36(26-28-37)46(60)54-40-18-16-15-17-39(40)50/h15-18,21-28,32,38,41,45,57H,5-14,19-20,29-31,50H2,1-4H3,(H,51,61)(H,53,58)(H,54,60)(H,55,59)/t38-,41+,45-/m1/s1. The third kappa shape index (κ3) is 15.0. The second-order valence-electron chi connectivity index (χ2n) is 17.6. The lowest BCUT2D eigenvalue weighted by atomic mass is 9.85. The molecule has 0 radical (unpaired) electrons. The number of hydrogen-bond acceptors (Lipinski definition) is 9. The number of amides is 5. The highest BCUT2D eigenvalue weighted by Gasteiger charge is 2.44. The Balaban J connectivity index is 0.914. The zero-order chi connectivity index (χ0) is 45.4. The molecule has 1 aliphatic rings. The van der Waals surface area contributed by atoms with Gasteiger partial charge in [0.05, 0.1) is 33.6 Å². The first-order valence-electron chi connectivity index (χ1n) is 22.3. The van der Waals surface area contributed by atoms with Crippen molar-refractivity contribution in [2.45, 2.75) is 136 Å². The van der Waals surface area contributed by atoms with Crippen molar-refractivity contribution in [3.8, 4) is 10.4 Å².